The number of piperidine rings is 1. The smallest absolute Gasteiger partial charge is 0.124 e. The quantitative estimate of drug-likeness (QED) is 0.716. The zero-order chi connectivity index (χ0) is 18.5. The van der Waals surface area contributed by atoms with Crippen LogP contribution in [-0.4, -0.2) is 60.9 Å². The Kier molecular flexibility index (Phi) is 6.22. The van der Waals surface area contributed by atoms with Crippen LogP contribution in [0.3, 0.4) is 0 Å². The Morgan fingerprint density at radius 2 is 2.04 bits per heavy atom. The molecule has 1 fully saturated rings. The van der Waals surface area contributed by atoms with Crippen LogP contribution in [0, 0.1) is 5.92 Å². The lowest BCUT2D eigenvalue weighted by Crippen LogP contribution is -2.46. The number of benzene rings is 1. The second-order valence-corrected chi connectivity index (χ2v) is 8.05. The van der Waals surface area contributed by atoms with E-state index in [4.69, 9.17) is 9.26 Å². The standard InChI is InChI=1S/C22H31N3O2/c1-26-12-10-24(17-21-8-11-27-23-21)15-18-5-4-9-25(16-18)22-13-19-6-2-3-7-20(19)14-22/h2-3,6-8,11,18,22H,4-5,9-10,12-17H2,1H3/t18-/m1/s1. The summed E-state index contributed by atoms with van der Waals surface area (Å²) in [5, 5.41) is 4.09. The van der Waals surface area contributed by atoms with Crippen LogP contribution >= 0.6 is 0 Å². The Morgan fingerprint density at radius 1 is 1.22 bits per heavy atom. The molecule has 2 heterocycles. The van der Waals surface area contributed by atoms with Crippen LogP contribution < -0.4 is 0 Å². The third-order valence-corrected chi connectivity index (χ3v) is 6.10. The summed E-state index contributed by atoms with van der Waals surface area (Å²) < 4.78 is 10.3. The molecule has 5 nitrogen and oxygen atoms in total. The van der Waals surface area contributed by atoms with E-state index in [0.717, 1.165) is 31.9 Å². The highest BCUT2D eigenvalue weighted by molar-refractivity contribution is 5.33. The van der Waals surface area contributed by atoms with Crippen molar-refractivity contribution in [3.63, 3.8) is 0 Å². The van der Waals surface area contributed by atoms with Crippen molar-refractivity contribution in [2.45, 2.75) is 38.3 Å². The zero-order valence-corrected chi connectivity index (χ0v) is 16.3. The van der Waals surface area contributed by atoms with E-state index in [2.05, 4.69) is 39.2 Å². The number of methoxy groups -OCH3 is 1. The molecule has 5 heteroatoms. The summed E-state index contributed by atoms with van der Waals surface area (Å²) in [6.45, 7) is 6.09. The van der Waals surface area contributed by atoms with E-state index >= 15 is 0 Å². The molecular weight excluding hydrogens is 338 g/mol. The van der Waals surface area contributed by atoms with Crippen LogP contribution in [0.2, 0.25) is 0 Å². The molecule has 27 heavy (non-hydrogen) atoms. The number of hydrogen-bond donors (Lipinski definition) is 0. The lowest BCUT2D eigenvalue weighted by Gasteiger charge is -2.38. The van der Waals surface area contributed by atoms with E-state index in [1.54, 1.807) is 24.5 Å². The molecule has 1 aromatic carbocycles. The van der Waals surface area contributed by atoms with Crippen LogP contribution in [0.25, 0.3) is 0 Å². The molecule has 0 spiro atoms. The van der Waals surface area contributed by atoms with E-state index in [1.165, 1.54) is 38.8 Å². The highest BCUT2D eigenvalue weighted by atomic mass is 16.5. The van der Waals surface area contributed by atoms with E-state index < -0.39 is 0 Å². The second-order valence-electron chi connectivity index (χ2n) is 8.05. The van der Waals surface area contributed by atoms with Crippen LogP contribution in [0.1, 0.15) is 29.7 Å². The van der Waals surface area contributed by atoms with Crippen LogP contribution in [0.15, 0.2) is 41.1 Å². The van der Waals surface area contributed by atoms with Gasteiger partial charge in [-0.15, -0.1) is 0 Å². The molecule has 0 N–H and O–H groups in total. The van der Waals surface area contributed by atoms with Crippen molar-refractivity contribution < 1.29 is 9.26 Å². The van der Waals surface area contributed by atoms with Crippen molar-refractivity contribution in [2.24, 2.45) is 5.92 Å². The number of likely N-dealkylation sites (tertiary alicyclic amines) is 1. The van der Waals surface area contributed by atoms with Crippen LogP contribution in [-0.2, 0) is 24.1 Å². The van der Waals surface area contributed by atoms with Gasteiger partial charge in [-0.2, -0.15) is 0 Å². The number of hydrogen-bond acceptors (Lipinski definition) is 5. The molecule has 0 saturated carbocycles. The third kappa shape index (κ3) is 4.78. The van der Waals surface area contributed by atoms with Gasteiger partial charge in [-0.3, -0.25) is 9.80 Å². The average Bonchev–Trinajstić information content (AvgIpc) is 3.35. The van der Waals surface area contributed by atoms with Crippen molar-refractivity contribution >= 4 is 0 Å². The fourth-order valence-electron chi connectivity index (χ4n) is 4.74. The molecule has 1 aromatic heterocycles. The second kappa shape index (κ2) is 9.00. The monoisotopic (exact) mass is 369 g/mol. The molecule has 146 valence electrons. The topological polar surface area (TPSA) is 41.7 Å². The SMILES string of the molecule is COCCN(Cc1ccon1)C[C@H]1CCCN(C2Cc3ccccc3C2)C1. The third-order valence-electron chi connectivity index (χ3n) is 6.10. The van der Waals surface area contributed by atoms with Crippen LogP contribution in [0.5, 0.6) is 0 Å². The molecule has 0 unspecified atom stereocenters. The first-order valence-electron chi connectivity index (χ1n) is 10.2. The summed E-state index contributed by atoms with van der Waals surface area (Å²) in [6.07, 6.45) is 6.71. The predicted octanol–water partition coefficient (Wildman–Crippen LogP) is 3.00. The number of aromatic nitrogens is 1. The molecule has 0 radical (unpaired) electrons. The molecule has 0 bridgehead atoms. The highest BCUT2D eigenvalue weighted by Gasteiger charge is 2.31. The Hall–Kier alpha value is -1.69. The molecule has 2 aliphatic rings. The lowest BCUT2D eigenvalue weighted by atomic mass is 9.95. The molecule has 0 amide bonds. The maximum absolute atomic E-state index is 5.32. The van der Waals surface area contributed by atoms with Gasteiger partial charge in [-0.05, 0) is 49.3 Å². The molecule has 1 saturated heterocycles. The zero-order valence-electron chi connectivity index (χ0n) is 16.3. The van der Waals surface area contributed by atoms with Gasteiger partial charge in [-0.1, -0.05) is 29.4 Å². The summed E-state index contributed by atoms with van der Waals surface area (Å²) in [5.74, 6) is 0.714. The molecule has 1 aliphatic carbocycles. The van der Waals surface area contributed by atoms with Gasteiger partial charge in [0.25, 0.3) is 0 Å². The first-order valence-corrected chi connectivity index (χ1v) is 10.2. The van der Waals surface area contributed by atoms with E-state index in [1.807, 2.05) is 6.07 Å². The van der Waals surface area contributed by atoms with Crippen molar-refractivity contribution in [3.05, 3.63) is 53.4 Å². The average molecular weight is 370 g/mol. The van der Waals surface area contributed by atoms with E-state index in [9.17, 15) is 0 Å². The van der Waals surface area contributed by atoms with Gasteiger partial charge in [-0.25, -0.2) is 0 Å². The maximum atomic E-state index is 5.32. The highest BCUT2D eigenvalue weighted by Crippen LogP contribution is 2.29. The van der Waals surface area contributed by atoms with Gasteiger partial charge >= 0.3 is 0 Å². The van der Waals surface area contributed by atoms with Gasteiger partial charge in [0.15, 0.2) is 0 Å². The Morgan fingerprint density at radius 3 is 2.74 bits per heavy atom. The Bertz CT molecular complexity index is 678. The minimum atomic E-state index is 0.688. The number of fused-ring (bicyclic) bond motifs is 1. The Labute approximate surface area is 162 Å². The summed E-state index contributed by atoms with van der Waals surface area (Å²) in [6, 6.07) is 11.6. The van der Waals surface area contributed by atoms with Gasteiger partial charge < -0.3 is 9.26 Å². The fourth-order valence-corrected chi connectivity index (χ4v) is 4.74. The first-order chi connectivity index (χ1) is 13.3. The number of rotatable bonds is 8. The van der Waals surface area contributed by atoms with Crippen molar-refractivity contribution in [3.8, 4) is 0 Å². The van der Waals surface area contributed by atoms with Gasteiger partial charge in [0.1, 0.15) is 6.26 Å². The summed E-state index contributed by atoms with van der Waals surface area (Å²) >= 11 is 0. The maximum Gasteiger partial charge on any atom is 0.124 e. The molecule has 1 aliphatic heterocycles. The predicted molar refractivity (Wildman–Crippen MR) is 106 cm³/mol. The molecule has 2 aromatic rings. The summed E-state index contributed by atoms with van der Waals surface area (Å²) in [5.41, 5.74) is 4.11. The van der Waals surface area contributed by atoms with Gasteiger partial charge in [0.2, 0.25) is 0 Å². The van der Waals surface area contributed by atoms with E-state index in [0.29, 0.717) is 12.0 Å². The van der Waals surface area contributed by atoms with Crippen molar-refractivity contribution in [1.82, 2.24) is 15.0 Å². The lowest BCUT2D eigenvalue weighted by molar-refractivity contribution is 0.0834. The Balaban J connectivity index is 1.34. The normalized spacial score (nSPS) is 21.0. The van der Waals surface area contributed by atoms with Gasteiger partial charge in [0, 0.05) is 45.4 Å². The summed E-state index contributed by atoms with van der Waals surface area (Å²) in [7, 11) is 1.77. The molecule has 4 rings (SSSR count). The minimum Gasteiger partial charge on any atom is -0.383 e. The van der Waals surface area contributed by atoms with Crippen LogP contribution in [0.4, 0.5) is 0 Å². The van der Waals surface area contributed by atoms with Gasteiger partial charge in [0.05, 0.1) is 12.3 Å². The molecule has 1 atom stereocenters. The number of nitrogens with zero attached hydrogens (tertiary/aromatic N) is 3. The van der Waals surface area contributed by atoms with Crippen molar-refractivity contribution in [1.29, 1.82) is 0 Å². The minimum absolute atomic E-state index is 0.688. The first kappa shape index (κ1) is 18.7. The largest absolute Gasteiger partial charge is 0.383 e. The van der Waals surface area contributed by atoms with E-state index in [-0.39, 0.29) is 0 Å². The number of ether oxygens (including phenoxy) is 1. The molecular formula is C22H31N3O2. The van der Waals surface area contributed by atoms with Crippen molar-refractivity contribution in [2.75, 3.05) is 39.9 Å². The summed E-state index contributed by atoms with van der Waals surface area (Å²) in [4.78, 5) is 5.22. The fraction of sp³-hybridized carbons (Fsp3) is 0.591.